The number of nitro benzene ring substituents is 1. The predicted octanol–water partition coefficient (Wildman–Crippen LogP) is 2.49. The first kappa shape index (κ1) is 14.0. The Balaban J connectivity index is 2.25. The number of amides is 2. The molecule has 106 valence electrons. The predicted molar refractivity (Wildman–Crippen MR) is 69.2 cm³/mol. The molecule has 0 spiro atoms. The third-order valence-corrected chi connectivity index (χ3v) is 2.72. The third-order valence-electron chi connectivity index (χ3n) is 2.72. The van der Waals surface area contributed by atoms with Crippen LogP contribution < -0.4 is 0 Å². The van der Waals surface area contributed by atoms with Crippen molar-refractivity contribution < 1.29 is 19.2 Å². The number of hydrogen-bond acceptors (Lipinski definition) is 5. The minimum absolute atomic E-state index is 0.00917. The van der Waals surface area contributed by atoms with Crippen molar-refractivity contribution in [2.75, 3.05) is 0 Å². The minimum Gasteiger partial charge on any atom is -0.443 e. The molecular weight excluding hydrogens is 264 g/mol. The van der Waals surface area contributed by atoms with Gasteiger partial charge in [-0.3, -0.25) is 14.9 Å². The molecule has 1 heterocycles. The molecule has 2 rings (SSSR count). The fourth-order valence-corrected chi connectivity index (χ4v) is 1.89. The lowest BCUT2D eigenvalue weighted by Gasteiger charge is -2.23. The van der Waals surface area contributed by atoms with E-state index < -0.39 is 22.5 Å². The fraction of sp³-hybridized carbons (Fsp3) is 0.385. The van der Waals surface area contributed by atoms with Crippen molar-refractivity contribution in [2.45, 2.75) is 32.9 Å². The number of imide groups is 1. The molecule has 1 aromatic rings. The van der Waals surface area contributed by atoms with Gasteiger partial charge in [-0.05, 0) is 32.4 Å². The van der Waals surface area contributed by atoms with E-state index in [1.807, 2.05) is 0 Å². The van der Waals surface area contributed by atoms with Crippen LogP contribution in [0, 0.1) is 10.1 Å². The summed E-state index contributed by atoms with van der Waals surface area (Å²) in [5, 5.41) is 10.7. The first-order valence-corrected chi connectivity index (χ1v) is 6.01. The SMILES string of the molecule is CC(C)(C)OC(=O)N1Cc2cc([N+](=O)[O-])ccc2C1=O. The van der Waals surface area contributed by atoms with Crippen molar-refractivity contribution in [2.24, 2.45) is 0 Å². The van der Waals surface area contributed by atoms with Gasteiger partial charge in [0.15, 0.2) is 0 Å². The molecule has 0 aliphatic carbocycles. The topological polar surface area (TPSA) is 89.8 Å². The van der Waals surface area contributed by atoms with Gasteiger partial charge in [0, 0.05) is 17.7 Å². The van der Waals surface area contributed by atoms with Crippen molar-refractivity contribution in [1.29, 1.82) is 0 Å². The summed E-state index contributed by atoms with van der Waals surface area (Å²) in [6, 6.07) is 3.91. The largest absolute Gasteiger partial charge is 0.443 e. The van der Waals surface area contributed by atoms with Gasteiger partial charge in [-0.2, -0.15) is 0 Å². The molecule has 1 aliphatic heterocycles. The Kier molecular flexibility index (Phi) is 3.21. The van der Waals surface area contributed by atoms with Crippen LogP contribution in [0.3, 0.4) is 0 Å². The van der Waals surface area contributed by atoms with Crippen LogP contribution in [-0.2, 0) is 11.3 Å². The highest BCUT2D eigenvalue weighted by Crippen LogP contribution is 2.27. The zero-order chi connectivity index (χ0) is 15.1. The van der Waals surface area contributed by atoms with Crippen molar-refractivity contribution in [1.82, 2.24) is 4.90 Å². The van der Waals surface area contributed by atoms with Gasteiger partial charge < -0.3 is 4.74 Å². The Morgan fingerprint density at radius 3 is 2.60 bits per heavy atom. The summed E-state index contributed by atoms with van der Waals surface area (Å²) in [5.74, 6) is -0.496. The zero-order valence-electron chi connectivity index (χ0n) is 11.4. The van der Waals surface area contributed by atoms with Crippen LogP contribution in [-0.4, -0.2) is 27.4 Å². The Hall–Kier alpha value is -2.44. The smallest absolute Gasteiger partial charge is 0.417 e. The highest BCUT2D eigenvalue weighted by Gasteiger charge is 2.35. The van der Waals surface area contributed by atoms with Crippen LogP contribution in [0.25, 0.3) is 0 Å². The average Bonchev–Trinajstić information content (AvgIpc) is 2.64. The summed E-state index contributed by atoms with van der Waals surface area (Å²) in [6.45, 7) is 5.08. The highest BCUT2D eigenvalue weighted by molar-refractivity contribution is 6.06. The molecule has 0 saturated carbocycles. The van der Waals surface area contributed by atoms with Gasteiger partial charge in [0.05, 0.1) is 11.5 Å². The van der Waals surface area contributed by atoms with Crippen molar-refractivity contribution >= 4 is 17.7 Å². The summed E-state index contributed by atoms with van der Waals surface area (Å²) in [6.07, 6.45) is -0.749. The van der Waals surface area contributed by atoms with Crippen LogP contribution >= 0.6 is 0 Å². The second-order valence-corrected chi connectivity index (χ2v) is 5.47. The first-order valence-electron chi connectivity index (χ1n) is 6.01. The monoisotopic (exact) mass is 278 g/mol. The third kappa shape index (κ3) is 2.61. The molecule has 7 nitrogen and oxygen atoms in total. The van der Waals surface area contributed by atoms with Gasteiger partial charge in [-0.1, -0.05) is 0 Å². The highest BCUT2D eigenvalue weighted by atomic mass is 16.6. The lowest BCUT2D eigenvalue weighted by atomic mass is 10.1. The van der Waals surface area contributed by atoms with Crippen molar-refractivity contribution in [3.8, 4) is 0 Å². The standard InChI is InChI=1S/C13H14N2O5/c1-13(2,3)20-12(17)14-7-8-6-9(15(18)19)4-5-10(8)11(14)16/h4-6H,7H2,1-3H3. The number of carbonyl (C=O) groups is 2. The maximum absolute atomic E-state index is 12.1. The minimum atomic E-state index is -0.749. The summed E-state index contributed by atoms with van der Waals surface area (Å²) in [7, 11) is 0. The van der Waals surface area contributed by atoms with Gasteiger partial charge in [0.2, 0.25) is 0 Å². The van der Waals surface area contributed by atoms with Gasteiger partial charge in [0.25, 0.3) is 11.6 Å². The van der Waals surface area contributed by atoms with E-state index in [0.717, 1.165) is 4.90 Å². The molecule has 0 radical (unpaired) electrons. The Bertz CT molecular complexity index is 603. The number of rotatable bonds is 1. The van der Waals surface area contributed by atoms with E-state index >= 15 is 0 Å². The maximum Gasteiger partial charge on any atom is 0.417 e. The lowest BCUT2D eigenvalue weighted by Crippen LogP contribution is -2.36. The van der Waals surface area contributed by atoms with Gasteiger partial charge in [-0.25, -0.2) is 9.69 Å². The van der Waals surface area contributed by atoms with Gasteiger partial charge in [0.1, 0.15) is 5.60 Å². The number of benzene rings is 1. The molecule has 2 amide bonds. The second-order valence-electron chi connectivity index (χ2n) is 5.47. The number of fused-ring (bicyclic) bond motifs is 1. The first-order chi connectivity index (χ1) is 9.19. The van der Waals surface area contributed by atoms with Crippen LogP contribution in [0.2, 0.25) is 0 Å². The Morgan fingerprint density at radius 2 is 2.05 bits per heavy atom. The van der Waals surface area contributed by atoms with E-state index in [-0.39, 0.29) is 12.2 Å². The average molecular weight is 278 g/mol. The zero-order valence-corrected chi connectivity index (χ0v) is 11.4. The molecule has 0 N–H and O–H groups in total. The Labute approximate surface area is 115 Å². The van der Waals surface area contributed by atoms with E-state index in [9.17, 15) is 19.7 Å². The molecule has 20 heavy (non-hydrogen) atoms. The van der Waals surface area contributed by atoms with Gasteiger partial charge in [-0.15, -0.1) is 0 Å². The maximum atomic E-state index is 12.1. The molecule has 0 aromatic heterocycles. The lowest BCUT2D eigenvalue weighted by molar-refractivity contribution is -0.384. The number of nitro groups is 1. The fourth-order valence-electron chi connectivity index (χ4n) is 1.89. The van der Waals surface area contributed by atoms with Crippen LogP contribution in [0.4, 0.5) is 10.5 Å². The van der Waals surface area contributed by atoms with Gasteiger partial charge >= 0.3 is 6.09 Å². The molecule has 7 heteroatoms. The molecule has 0 atom stereocenters. The molecular formula is C13H14N2O5. The number of carbonyl (C=O) groups excluding carboxylic acids is 2. The summed E-state index contributed by atoms with van der Waals surface area (Å²) in [5.41, 5.74) is -0.0721. The molecule has 0 unspecified atom stereocenters. The van der Waals surface area contributed by atoms with E-state index in [4.69, 9.17) is 4.74 Å². The quantitative estimate of drug-likeness (QED) is 0.581. The summed E-state index contributed by atoms with van der Waals surface area (Å²) < 4.78 is 5.13. The van der Waals surface area contributed by atoms with Crippen LogP contribution in [0.5, 0.6) is 0 Å². The van der Waals surface area contributed by atoms with E-state index in [0.29, 0.717) is 11.1 Å². The van der Waals surface area contributed by atoms with E-state index in [2.05, 4.69) is 0 Å². The number of nitrogens with zero attached hydrogens (tertiary/aromatic N) is 2. The summed E-state index contributed by atoms with van der Waals surface area (Å²) in [4.78, 5) is 35.1. The van der Waals surface area contributed by atoms with Crippen molar-refractivity contribution in [3.05, 3.63) is 39.4 Å². The van der Waals surface area contributed by atoms with E-state index in [1.54, 1.807) is 20.8 Å². The second kappa shape index (κ2) is 4.59. The molecule has 1 aliphatic rings. The van der Waals surface area contributed by atoms with E-state index in [1.165, 1.54) is 18.2 Å². The van der Waals surface area contributed by atoms with Crippen LogP contribution in [0.15, 0.2) is 18.2 Å². The number of hydrogen-bond donors (Lipinski definition) is 0. The normalized spacial score (nSPS) is 14.2. The number of non-ortho nitro benzene ring substituents is 1. The molecule has 0 saturated heterocycles. The summed E-state index contributed by atoms with van der Waals surface area (Å²) >= 11 is 0. The van der Waals surface area contributed by atoms with Crippen LogP contribution in [0.1, 0.15) is 36.7 Å². The molecule has 0 fully saturated rings. The Morgan fingerprint density at radius 1 is 1.40 bits per heavy atom. The number of ether oxygens (including phenoxy) is 1. The van der Waals surface area contributed by atoms with Crippen molar-refractivity contribution in [3.63, 3.8) is 0 Å². The molecule has 0 bridgehead atoms. The molecule has 1 aromatic carbocycles.